The number of rotatable bonds is 7. The third-order valence-electron chi connectivity index (χ3n) is 2.65. The predicted molar refractivity (Wildman–Crippen MR) is 71.7 cm³/mol. The van der Waals surface area contributed by atoms with Gasteiger partial charge in [-0.3, -0.25) is 5.41 Å². The molecule has 3 N–H and O–H groups in total. The van der Waals surface area contributed by atoms with E-state index < -0.39 is 0 Å². The summed E-state index contributed by atoms with van der Waals surface area (Å²) in [5.74, 6) is 0.218. The Kier molecular flexibility index (Phi) is 5.49. The van der Waals surface area contributed by atoms with Crippen molar-refractivity contribution < 1.29 is 4.74 Å². The Hall–Kier alpha value is -1.55. The van der Waals surface area contributed by atoms with Crippen molar-refractivity contribution >= 4 is 11.5 Å². The predicted octanol–water partition coefficient (Wildman–Crippen LogP) is 1.85. The molecule has 0 amide bonds. The van der Waals surface area contributed by atoms with Gasteiger partial charge in [0.15, 0.2) is 0 Å². The lowest BCUT2D eigenvalue weighted by Crippen LogP contribution is -2.38. The second kappa shape index (κ2) is 6.91. The fourth-order valence-electron chi connectivity index (χ4n) is 1.80. The number of nitrogens with zero attached hydrogens (tertiary/aromatic N) is 1. The Morgan fingerprint density at radius 2 is 2.06 bits per heavy atom. The van der Waals surface area contributed by atoms with Crippen molar-refractivity contribution in [1.29, 1.82) is 5.41 Å². The van der Waals surface area contributed by atoms with Crippen molar-refractivity contribution in [3.05, 3.63) is 30.3 Å². The molecule has 0 aliphatic rings. The van der Waals surface area contributed by atoms with Gasteiger partial charge in [0.05, 0.1) is 12.4 Å². The molecule has 17 heavy (non-hydrogen) atoms. The van der Waals surface area contributed by atoms with Gasteiger partial charge in [-0.25, -0.2) is 0 Å². The molecule has 1 aromatic rings. The van der Waals surface area contributed by atoms with Gasteiger partial charge in [-0.15, -0.1) is 0 Å². The molecule has 1 unspecified atom stereocenters. The van der Waals surface area contributed by atoms with Crippen molar-refractivity contribution in [3.8, 4) is 0 Å². The summed E-state index contributed by atoms with van der Waals surface area (Å²) in [4.78, 5) is 2.21. The van der Waals surface area contributed by atoms with Crippen molar-refractivity contribution in [2.24, 2.45) is 5.73 Å². The van der Waals surface area contributed by atoms with Crippen molar-refractivity contribution in [3.63, 3.8) is 0 Å². The highest BCUT2D eigenvalue weighted by Crippen LogP contribution is 2.16. The molecule has 1 atom stereocenters. The zero-order chi connectivity index (χ0) is 12.7. The van der Waals surface area contributed by atoms with Crippen LogP contribution in [0.15, 0.2) is 30.3 Å². The summed E-state index contributed by atoms with van der Waals surface area (Å²) in [7, 11) is 1.70. The standard InChI is InChI=1S/C13H21N3O/c1-11(10-17-2)16(9-8-13(14)15)12-6-4-3-5-7-12/h3-7,11H,8-10H2,1-2H3,(H3,14,15). The minimum atomic E-state index is 0.218. The van der Waals surface area contributed by atoms with Crippen LogP contribution < -0.4 is 10.6 Å². The van der Waals surface area contributed by atoms with Crippen molar-refractivity contribution in [1.82, 2.24) is 0 Å². The molecule has 0 aliphatic carbocycles. The first kappa shape index (κ1) is 13.5. The van der Waals surface area contributed by atoms with Gasteiger partial charge in [-0.2, -0.15) is 0 Å². The maximum absolute atomic E-state index is 7.31. The molecule has 0 fully saturated rings. The lowest BCUT2D eigenvalue weighted by Gasteiger charge is -2.30. The van der Waals surface area contributed by atoms with Gasteiger partial charge in [0, 0.05) is 31.8 Å². The Balaban J connectivity index is 2.75. The summed E-state index contributed by atoms with van der Waals surface area (Å²) in [5.41, 5.74) is 6.56. The van der Waals surface area contributed by atoms with Crippen LogP contribution in [-0.2, 0) is 4.74 Å². The molecule has 0 heterocycles. The summed E-state index contributed by atoms with van der Waals surface area (Å²) >= 11 is 0. The number of nitrogens with one attached hydrogen (secondary N) is 1. The molecule has 0 saturated heterocycles. The number of nitrogens with two attached hydrogens (primary N) is 1. The lowest BCUT2D eigenvalue weighted by molar-refractivity contribution is 0.181. The normalized spacial score (nSPS) is 12.1. The van der Waals surface area contributed by atoms with Gasteiger partial charge in [0.1, 0.15) is 0 Å². The summed E-state index contributed by atoms with van der Waals surface area (Å²) in [6.45, 7) is 3.51. The van der Waals surface area contributed by atoms with E-state index in [0.29, 0.717) is 13.0 Å². The van der Waals surface area contributed by atoms with Gasteiger partial charge >= 0.3 is 0 Å². The van der Waals surface area contributed by atoms with Crippen LogP contribution in [0.1, 0.15) is 13.3 Å². The first-order chi connectivity index (χ1) is 8.15. The van der Waals surface area contributed by atoms with E-state index in [4.69, 9.17) is 15.9 Å². The van der Waals surface area contributed by atoms with Crippen LogP contribution in [0.2, 0.25) is 0 Å². The molecule has 0 bridgehead atoms. The summed E-state index contributed by atoms with van der Waals surface area (Å²) in [6.07, 6.45) is 0.572. The number of hydrogen-bond acceptors (Lipinski definition) is 3. The van der Waals surface area contributed by atoms with E-state index in [-0.39, 0.29) is 11.9 Å². The van der Waals surface area contributed by atoms with Gasteiger partial charge < -0.3 is 15.4 Å². The highest BCUT2D eigenvalue weighted by Gasteiger charge is 2.14. The molecule has 4 nitrogen and oxygen atoms in total. The van der Waals surface area contributed by atoms with Crippen LogP contribution in [0.5, 0.6) is 0 Å². The zero-order valence-corrected chi connectivity index (χ0v) is 10.5. The molecule has 0 saturated carbocycles. The van der Waals surface area contributed by atoms with Gasteiger partial charge in [0.25, 0.3) is 0 Å². The zero-order valence-electron chi connectivity index (χ0n) is 10.5. The van der Waals surface area contributed by atoms with Crippen LogP contribution in [0.25, 0.3) is 0 Å². The van der Waals surface area contributed by atoms with Crippen molar-refractivity contribution in [2.45, 2.75) is 19.4 Å². The molecule has 0 aliphatic heterocycles. The molecule has 0 aromatic heterocycles. The number of methoxy groups -OCH3 is 1. The molecule has 1 rings (SSSR count). The quantitative estimate of drug-likeness (QED) is 0.560. The van der Waals surface area contributed by atoms with Gasteiger partial charge in [0.2, 0.25) is 0 Å². The monoisotopic (exact) mass is 235 g/mol. The number of amidine groups is 1. The average molecular weight is 235 g/mol. The SMILES string of the molecule is COCC(C)N(CCC(=N)N)c1ccccc1. The largest absolute Gasteiger partial charge is 0.388 e. The molecule has 0 radical (unpaired) electrons. The third-order valence-corrected chi connectivity index (χ3v) is 2.65. The molecule has 0 spiro atoms. The third kappa shape index (κ3) is 4.44. The van der Waals surface area contributed by atoms with Gasteiger partial charge in [-0.05, 0) is 19.1 Å². The summed E-state index contributed by atoms with van der Waals surface area (Å²) in [6, 6.07) is 10.4. The number of ether oxygens (including phenoxy) is 1. The van der Waals surface area contributed by atoms with E-state index in [9.17, 15) is 0 Å². The van der Waals surface area contributed by atoms with E-state index in [1.54, 1.807) is 7.11 Å². The van der Waals surface area contributed by atoms with E-state index in [2.05, 4.69) is 24.0 Å². The first-order valence-corrected chi connectivity index (χ1v) is 5.78. The van der Waals surface area contributed by atoms with Crippen LogP contribution in [0.4, 0.5) is 5.69 Å². The Morgan fingerprint density at radius 1 is 1.41 bits per heavy atom. The Morgan fingerprint density at radius 3 is 2.59 bits per heavy atom. The van der Waals surface area contributed by atoms with Crippen LogP contribution in [-0.4, -0.2) is 32.1 Å². The molecule has 4 heteroatoms. The van der Waals surface area contributed by atoms with Gasteiger partial charge in [-0.1, -0.05) is 18.2 Å². The van der Waals surface area contributed by atoms with Crippen LogP contribution in [0.3, 0.4) is 0 Å². The minimum Gasteiger partial charge on any atom is -0.388 e. The molecular weight excluding hydrogens is 214 g/mol. The van der Waals surface area contributed by atoms with E-state index >= 15 is 0 Å². The average Bonchev–Trinajstić information content (AvgIpc) is 2.30. The fraction of sp³-hybridized carbons (Fsp3) is 0.462. The number of benzene rings is 1. The number of anilines is 1. The maximum atomic E-state index is 7.31. The highest BCUT2D eigenvalue weighted by molar-refractivity contribution is 5.77. The molecule has 94 valence electrons. The molecular formula is C13H21N3O. The highest BCUT2D eigenvalue weighted by atomic mass is 16.5. The maximum Gasteiger partial charge on any atom is 0.0923 e. The minimum absolute atomic E-state index is 0.218. The molecule has 1 aromatic carbocycles. The topological polar surface area (TPSA) is 62.3 Å². The second-order valence-corrected chi connectivity index (χ2v) is 4.11. The van der Waals surface area contributed by atoms with Crippen LogP contribution >= 0.6 is 0 Å². The Bertz CT molecular complexity index is 340. The van der Waals surface area contributed by atoms with E-state index in [1.807, 2.05) is 18.2 Å². The lowest BCUT2D eigenvalue weighted by atomic mass is 10.2. The van der Waals surface area contributed by atoms with Crippen molar-refractivity contribution in [2.75, 3.05) is 25.2 Å². The summed E-state index contributed by atoms with van der Waals surface area (Å²) in [5, 5.41) is 7.31. The van der Waals surface area contributed by atoms with E-state index in [1.165, 1.54) is 0 Å². The second-order valence-electron chi connectivity index (χ2n) is 4.11. The first-order valence-electron chi connectivity index (χ1n) is 5.78. The van der Waals surface area contributed by atoms with Crippen LogP contribution in [0, 0.1) is 5.41 Å². The number of para-hydroxylation sites is 1. The number of hydrogen-bond donors (Lipinski definition) is 2. The fourth-order valence-corrected chi connectivity index (χ4v) is 1.80. The van der Waals surface area contributed by atoms with E-state index in [0.717, 1.165) is 12.2 Å². The summed E-state index contributed by atoms with van der Waals surface area (Å²) < 4.78 is 5.19. The Labute approximate surface area is 103 Å². The smallest absolute Gasteiger partial charge is 0.0923 e.